The summed E-state index contributed by atoms with van der Waals surface area (Å²) in [4.78, 5) is 19.0. The number of carbonyl (C=O) groups excluding carboxylic acids is 1. The van der Waals surface area contributed by atoms with E-state index in [0.29, 0.717) is 11.1 Å². The van der Waals surface area contributed by atoms with E-state index in [4.69, 9.17) is 5.73 Å². The molecule has 0 spiro atoms. The standard InChI is InChI=1S/C17H23BrN4O/c1-3-14(22-7-4-5-20-6-8-22)9-12(2)16(23)15-10-13(18)11-21-17(15)19/h3,9-11,20H,4-8H2,1-2H3,(H2,19,21)/b12-9+,14-3+. The molecule has 1 aliphatic heterocycles. The largest absolute Gasteiger partial charge is 0.383 e. The van der Waals surface area contributed by atoms with E-state index in [1.807, 2.05) is 26.0 Å². The summed E-state index contributed by atoms with van der Waals surface area (Å²) >= 11 is 3.33. The van der Waals surface area contributed by atoms with E-state index in [1.165, 1.54) is 0 Å². The van der Waals surface area contributed by atoms with E-state index < -0.39 is 0 Å². The number of nitrogen functional groups attached to an aromatic ring is 1. The van der Waals surface area contributed by atoms with Crippen LogP contribution in [0.2, 0.25) is 0 Å². The second-order valence-electron chi connectivity index (χ2n) is 5.55. The zero-order valence-electron chi connectivity index (χ0n) is 13.6. The van der Waals surface area contributed by atoms with Crippen molar-refractivity contribution in [2.75, 3.05) is 31.9 Å². The molecule has 0 aromatic carbocycles. The van der Waals surface area contributed by atoms with E-state index >= 15 is 0 Å². The highest BCUT2D eigenvalue weighted by Crippen LogP contribution is 2.20. The van der Waals surface area contributed by atoms with Crippen molar-refractivity contribution < 1.29 is 4.79 Å². The van der Waals surface area contributed by atoms with Crippen molar-refractivity contribution in [2.24, 2.45) is 0 Å². The Balaban J connectivity index is 2.22. The molecule has 0 bridgehead atoms. The fourth-order valence-electron chi connectivity index (χ4n) is 2.59. The maximum atomic E-state index is 12.7. The number of carbonyl (C=O) groups is 1. The molecule has 1 aromatic heterocycles. The van der Waals surface area contributed by atoms with Crippen LogP contribution in [0.4, 0.5) is 5.82 Å². The van der Waals surface area contributed by atoms with E-state index in [9.17, 15) is 4.79 Å². The van der Waals surface area contributed by atoms with Gasteiger partial charge in [0.25, 0.3) is 0 Å². The Labute approximate surface area is 145 Å². The van der Waals surface area contributed by atoms with Gasteiger partial charge < -0.3 is 16.0 Å². The van der Waals surface area contributed by atoms with Crippen LogP contribution in [0.25, 0.3) is 0 Å². The minimum Gasteiger partial charge on any atom is -0.383 e. The van der Waals surface area contributed by atoms with Crippen LogP contribution < -0.4 is 11.1 Å². The van der Waals surface area contributed by atoms with Crippen molar-refractivity contribution in [3.8, 4) is 0 Å². The van der Waals surface area contributed by atoms with Crippen LogP contribution >= 0.6 is 15.9 Å². The van der Waals surface area contributed by atoms with Crippen molar-refractivity contribution in [2.45, 2.75) is 20.3 Å². The lowest BCUT2D eigenvalue weighted by molar-refractivity contribution is 0.103. The minimum atomic E-state index is -0.0939. The van der Waals surface area contributed by atoms with Crippen molar-refractivity contribution in [1.82, 2.24) is 15.2 Å². The molecule has 124 valence electrons. The second-order valence-corrected chi connectivity index (χ2v) is 6.46. The molecular formula is C17H23BrN4O. The summed E-state index contributed by atoms with van der Waals surface area (Å²) in [6.07, 6.45) is 6.67. The summed E-state index contributed by atoms with van der Waals surface area (Å²) in [5.41, 5.74) is 8.00. The van der Waals surface area contributed by atoms with Crippen LogP contribution in [0.5, 0.6) is 0 Å². The summed E-state index contributed by atoms with van der Waals surface area (Å²) in [5.74, 6) is 0.163. The number of allylic oxidation sites excluding steroid dienone is 3. The molecule has 0 radical (unpaired) electrons. The maximum absolute atomic E-state index is 12.7. The molecule has 0 aliphatic carbocycles. The van der Waals surface area contributed by atoms with Gasteiger partial charge in [-0.25, -0.2) is 4.98 Å². The fraction of sp³-hybridized carbons (Fsp3) is 0.412. The number of ketones is 1. The summed E-state index contributed by atoms with van der Waals surface area (Å²) in [5, 5.41) is 3.39. The molecule has 1 fully saturated rings. The monoisotopic (exact) mass is 378 g/mol. The maximum Gasteiger partial charge on any atom is 0.192 e. The van der Waals surface area contributed by atoms with Crippen molar-refractivity contribution >= 4 is 27.5 Å². The summed E-state index contributed by atoms with van der Waals surface area (Å²) < 4.78 is 0.743. The fourth-order valence-corrected chi connectivity index (χ4v) is 2.92. The Kier molecular flexibility index (Phi) is 6.36. The smallest absolute Gasteiger partial charge is 0.192 e. The third kappa shape index (κ3) is 4.65. The zero-order valence-corrected chi connectivity index (χ0v) is 15.2. The molecule has 6 heteroatoms. The van der Waals surface area contributed by atoms with Gasteiger partial charge in [0.1, 0.15) is 5.82 Å². The Hall–Kier alpha value is -1.66. The average Bonchev–Trinajstić information content (AvgIpc) is 2.83. The molecule has 1 saturated heterocycles. The Morgan fingerprint density at radius 3 is 2.96 bits per heavy atom. The molecular weight excluding hydrogens is 356 g/mol. The number of pyridine rings is 1. The highest BCUT2D eigenvalue weighted by atomic mass is 79.9. The first-order valence-electron chi connectivity index (χ1n) is 7.79. The lowest BCUT2D eigenvalue weighted by atomic mass is 10.0. The zero-order chi connectivity index (χ0) is 16.8. The number of nitrogens with zero attached hydrogens (tertiary/aromatic N) is 2. The number of hydrogen-bond acceptors (Lipinski definition) is 5. The van der Waals surface area contributed by atoms with Gasteiger partial charge in [-0.15, -0.1) is 0 Å². The Morgan fingerprint density at radius 2 is 2.22 bits per heavy atom. The van der Waals surface area contributed by atoms with Crippen LogP contribution in [0.15, 0.2) is 40.2 Å². The number of nitrogens with one attached hydrogen (secondary N) is 1. The number of aromatic nitrogens is 1. The van der Waals surface area contributed by atoms with Crippen LogP contribution in [0.1, 0.15) is 30.6 Å². The van der Waals surface area contributed by atoms with Crippen LogP contribution in [0.3, 0.4) is 0 Å². The highest BCUT2D eigenvalue weighted by molar-refractivity contribution is 9.10. The van der Waals surface area contributed by atoms with Crippen molar-refractivity contribution in [3.05, 3.63) is 45.7 Å². The normalized spacial score (nSPS) is 17.1. The predicted octanol–water partition coefficient (Wildman–Crippen LogP) is 2.75. The Bertz CT molecular complexity index is 631. The molecule has 0 saturated carbocycles. The molecule has 2 rings (SSSR count). The topological polar surface area (TPSA) is 71.2 Å². The molecule has 1 aromatic rings. The molecule has 0 atom stereocenters. The highest BCUT2D eigenvalue weighted by Gasteiger charge is 2.16. The summed E-state index contributed by atoms with van der Waals surface area (Å²) in [6.45, 7) is 7.75. The molecule has 1 aliphatic rings. The van der Waals surface area contributed by atoms with Gasteiger partial charge in [-0.1, -0.05) is 6.08 Å². The van der Waals surface area contributed by atoms with Crippen LogP contribution in [-0.2, 0) is 0 Å². The number of anilines is 1. The van der Waals surface area contributed by atoms with E-state index in [0.717, 1.165) is 42.8 Å². The Morgan fingerprint density at radius 1 is 1.43 bits per heavy atom. The predicted molar refractivity (Wildman–Crippen MR) is 97.3 cm³/mol. The number of halogens is 1. The van der Waals surface area contributed by atoms with Crippen LogP contribution in [-0.4, -0.2) is 41.8 Å². The van der Waals surface area contributed by atoms with E-state index in [2.05, 4.69) is 31.1 Å². The van der Waals surface area contributed by atoms with Gasteiger partial charge >= 0.3 is 0 Å². The summed E-state index contributed by atoms with van der Waals surface area (Å²) in [6, 6.07) is 1.72. The van der Waals surface area contributed by atoms with Gasteiger partial charge in [0.05, 0.1) is 5.56 Å². The number of Topliss-reactive ketones (excluding diaryl/α,β-unsaturated/α-hetero) is 1. The quantitative estimate of drug-likeness (QED) is 0.478. The molecule has 23 heavy (non-hydrogen) atoms. The van der Waals surface area contributed by atoms with Crippen LogP contribution in [0, 0.1) is 0 Å². The molecule has 0 amide bonds. The average molecular weight is 379 g/mol. The molecule has 5 nitrogen and oxygen atoms in total. The van der Waals surface area contributed by atoms with Gasteiger partial charge in [0, 0.05) is 36.0 Å². The lowest BCUT2D eigenvalue weighted by Gasteiger charge is -2.23. The third-order valence-corrected chi connectivity index (χ3v) is 4.29. The first-order chi connectivity index (χ1) is 11.0. The van der Waals surface area contributed by atoms with E-state index in [1.54, 1.807) is 12.3 Å². The van der Waals surface area contributed by atoms with E-state index in [-0.39, 0.29) is 11.6 Å². The van der Waals surface area contributed by atoms with Gasteiger partial charge in [-0.2, -0.15) is 0 Å². The minimum absolute atomic E-state index is 0.0939. The number of nitrogens with two attached hydrogens (primary N) is 1. The van der Waals surface area contributed by atoms with Crippen molar-refractivity contribution in [3.63, 3.8) is 0 Å². The lowest BCUT2D eigenvalue weighted by Crippen LogP contribution is -2.27. The number of hydrogen-bond donors (Lipinski definition) is 2. The van der Waals surface area contributed by atoms with Gasteiger partial charge in [-0.3, -0.25) is 4.79 Å². The van der Waals surface area contributed by atoms with Gasteiger partial charge in [-0.05, 0) is 60.5 Å². The van der Waals surface area contributed by atoms with Gasteiger partial charge in [0.2, 0.25) is 0 Å². The van der Waals surface area contributed by atoms with Gasteiger partial charge in [0.15, 0.2) is 5.78 Å². The summed E-state index contributed by atoms with van der Waals surface area (Å²) in [7, 11) is 0. The third-order valence-electron chi connectivity index (χ3n) is 3.85. The first-order valence-corrected chi connectivity index (χ1v) is 8.58. The SMILES string of the molecule is C/C=C(\C=C(/C)C(=O)c1cc(Br)cnc1N)N1CCCNCC1. The first kappa shape index (κ1) is 17.7. The second kappa shape index (κ2) is 8.26. The molecule has 3 N–H and O–H groups in total. The number of rotatable bonds is 4. The van der Waals surface area contributed by atoms with Crippen molar-refractivity contribution in [1.29, 1.82) is 0 Å². The molecule has 2 heterocycles. The molecule has 0 unspecified atom stereocenters.